The van der Waals surface area contributed by atoms with Crippen LogP contribution in [-0.4, -0.2) is 59.9 Å². The summed E-state index contributed by atoms with van der Waals surface area (Å²) in [7, 11) is -4.71. The number of carbonyl (C=O) groups is 3. The van der Waals surface area contributed by atoms with Crippen molar-refractivity contribution in [3.63, 3.8) is 0 Å². The molecule has 298 valence electrons. The monoisotopic (exact) mass is 745 g/mol. The second-order valence-corrected chi connectivity index (χ2v) is 14.9. The van der Waals surface area contributed by atoms with Crippen LogP contribution in [0.3, 0.4) is 0 Å². The Balaban J connectivity index is 4.43. The number of ether oxygens (including phenoxy) is 2. The van der Waals surface area contributed by atoms with E-state index in [2.05, 4.69) is 42.7 Å². The molecule has 51 heavy (non-hydrogen) atoms. The Morgan fingerprint density at radius 2 is 1.06 bits per heavy atom. The van der Waals surface area contributed by atoms with Gasteiger partial charge in [0, 0.05) is 12.8 Å². The zero-order valence-electron chi connectivity index (χ0n) is 31.9. The van der Waals surface area contributed by atoms with Crippen LogP contribution in [0.25, 0.3) is 0 Å². The largest absolute Gasteiger partial charge is 0.480 e. The lowest BCUT2D eigenvalue weighted by molar-refractivity contribution is -0.161. The molecule has 0 saturated carbocycles. The number of unbranched alkanes of at least 4 members (excludes halogenated alkanes) is 19. The van der Waals surface area contributed by atoms with Gasteiger partial charge in [-0.2, -0.15) is 0 Å². The molecule has 0 spiro atoms. The molecule has 0 aliphatic rings. The molecule has 0 heterocycles. The van der Waals surface area contributed by atoms with Gasteiger partial charge >= 0.3 is 25.7 Å². The van der Waals surface area contributed by atoms with Crippen LogP contribution in [0.15, 0.2) is 24.3 Å². The lowest BCUT2D eigenvalue weighted by Crippen LogP contribution is -2.34. The van der Waals surface area contributed by atoms with Gasteiger partial charge < -0.3 is 25.2 Å². The van der Waals surface area contributed by atoms with Gasteiger partial charge in [-0.05, 0) is 38.5 Å². The van der Waals surface area contributed by atoms with Crippen molar-refractivity contribution in [1.29, 1.82) is 0 Å². The van der Waals surface area contributed by atoms with Crippen molar-refractivity contribution in [3.05, 3.63) is 24.3 Å². The zero-order chi connectivity index (χ0) is 37.8. The highest BCUT2D eigenvalue weighted by Gasteiger charge is 2.28. The number of aliphatic carboxylic acids is 1. The molecule has 11 nitrogen and oxygen atoms in total. The molecule has 1 unspecified atom stereocenters. The van der Waals surface area contributed by atoms with Gasteiger partial charge in [-0.15, -0.1) is 0 Å². The van der Waals surface area contributed by atoms with Crippen LogP contribution in [0, 0.1) is 0 Å². The van der Waals surface area contributed by atoms with Gasteiger partial charge in [-0.3, -0.25) is 23.4 Å². The summed E-state index contributed by atoms with van der Waals surface area (Å²) in [6.07, 6.45) is 33.8. The van der Waals surface area contributed by atoms with Gasteiger partial charge in [-0.25, -0.2) is 4.57 Å². The Hall–Kier alpha value is -2.04. The zero-order valence-corrected chi connectivity index (χ0v) is 32.8. The highest BCUT2D eigenvalue weighted by Crippen LogP contribution is 2.43. The van der Waals surface area contributed by atoms with Gasteiger partial charge in [0.25, 0.3) is 0 Å². The second kappa shape index (κ2) is 35.0. The first kappa shape index (κ1) is 49.0. The summed E-state index contributed by atoms with van der Waals surface area (Å²) in [5.74, 6) is -2.39. The van der Waals surface area contributed by atoms with Gasteiger partial charge in [0.15, 0.2) is 6.10 Å². The minimum absolute atomic E-state index is 0.162. The third-order valence-electron chi connectivity index (χ3n) is 8.45. The number of carboxylic acid groups (broad SMARTS) is 1. The van der Waals surface area contributed by atoms with Crippen LogP contribution >= 0.6 is 7.82 Å². The Morgan fingerprint density at radius 3 is 1.59 bits per heavy atom. The predicted octanol–water partition coefficient (Wildman–Crippen LogP) is 9.89. The standard InChI is InChI=1S/C39H72NO10P/c1-3-5-7-9-11-13-15-17-19-20-22-24-26-28-30-37(41)47-32-35(33-48-51(45,46)49-34-36(40)39(43)44)50-38(42)31-29-27-25-23-21-18-16-14-12-10-8-6-4-2/h9,11,15,17,35-36H,3-8,10,12-14,16,18-34,40H2,1-2H3,(H,43,44)(H,45,46)/b11-9-,17-15-/t35-,36+/m1/s1. The Labute approximate surface area is 309 Å². The predicted molar refractivity (Wildman–Crippen MR) is 203 cm³/mol. The van der Waals surface area contributed by atoms with Crippen LogP contribution in [0.1, 0.15) is 174 Å². The van der Waals surface area contributed by atoms with Crippen molar-refractivity contribution in [3.8, 4) is 0 Å². The van der Waals surface area contributed by atoms with E-state index in [1.54, 1.807) is 0 Å². The molecule has 0 amide bonds. The maximum Gasteiger partial charge on any atom is 0.472 e. The van der Waals surface area contributed by atoms with E-state index in [0.717, 1.165) is 64.2 Å². The number of rotatable bonds is 37. The van der Waals surface area contributed by atoms with Crippen molar-refractivity contribution in [2.24, 2.45) is 5.73 Å². The molecule has 0 aromatic heterocycles. The molecule has 4 N–H and O–H groups in total. The average molecular weight is 746 g/mol. The lowest BCUT2D eigenvalue weighted by Gasteiger charge is -2.20. The number of nitrogens with two attached hydrogens (primary N) is 1. The van der Waals surface area contributed by atoms with Crippen molar-refractivity contribution in [1.82, 2.24) is 0 Å². The number of hydrogen-bond acceptors (Lipinski definition) is 9. The van der Waals surface area contributed by atoms with Crippen molar-refractivity contribution in [2.75, 3.05) is 19.8 Å². The number of hydrogen-bond donors (Lipinski definition) is 3. The first-order chi connectivity index (χ1) is 24.6. The fourth-order valence-electron chi connectivity index (χ4n) is 5.26. The number of phosphoric ester groups is 1. The second-order valence-electron chi connectivity index (χ2n) is 13.4. The SMILES string of the molecule is CCCC/C=C\C/C=C\CCCCCCCC(=O)OC[C@H](COP(=O)(O)OC[C@H](N)C(=O)O)OC(=O)CCCCCCCCCCCCCCC. The summed E-state index contributed by atoms with van der Waals surface area (Å²) in [5, 5.41) is 8.86. The molecule has 0 aromatic carbocycles. The van der Waals surface area contributed by atoms with Crippen molar-refractivity contribution >= 4 is 25.7 Å². The molecule has 0 fully saturated rings. The molecule has 0 aliphatic heterocycles. The van der Waals surface area contributed by atoms with E-state index in [-0.39, 0.29) is 19.4 Å². The number of allylic oxidation sites excluding steroid dienone is 4. The number of esters is 2. The highest BCUT2D eigenvalue weighted by molar-refractivity contribution is 7.47. The molecule has 0 saturated heterocycles. The Bertz CT molecular complexity index is 974. The van der Waals surface area contributed by atoms with E-state index in [4.69, 9.17) is 24.8 Å². The third kappa shape index (κ3) is 34.8. The van der Waals surface area contributed by atoms with Crippen LogP contribution < -0.4 is 5.73 Å². The topological polar surface area (TPSA) is 172 Å². The van der Waals surface area contributed by atoms with Crippen LogP contribution in [0.2, 0.25) is 0 Å². The summed E-state index contributed by atoms with van der Waals surface area (Å²) < 4.78 is 32.6. The number of phosphoric acid groups is 1. The molecule has 0 rings (SSSR count). The minimum Gasteiger partial charge on any atom is -0.480 e. The van der Waals surface area contributed by atoms with Gasteiger partial charge in [0.1, 0.15) is 12.6 Å². The quantitative estimate of drug-likeness (QED) is 0.0239. The lowest BCUT2D eigenvalue weighted by atomic mass is 10.0. The summed E-state index contributed by atoms with van der Waals surface area (Å²) in [4.78, 5) is 45.8. The molecule has 0 radical (unpaired) electrons. The van der Waals surface area contributed by atoms with Gasteiger partial charge in [-0.1, -0.05) is 147 Å². The summed E-state index contributed by atoms with van der Waals surface area (Å²) in [5.41, 5.74) is 5.32. The number of carboxylic acids is 1. The van der Waals surface area contributed by atoms with Crippen molar-refractivity contribution < 1.29 is 47.5 Å². The first-order valence-electron chi connectivity index (χ1n) is 19.9. The average Bonchev–Trinajstić information content (AvgIpc) is 3.10. The molecule has 3 atom stereocenters. The smallest absolute Gasteiger partial charge is 0.472 e. The van der Waals surface area contributed by atoms with E-state index in [0.29, 0.717) is 12.8 Å². The van der Waals surface area contributed by atoms with E-state index >= 15 is 0 Å². The van der Waals surface area contributed by atoms with E-state index < -0.39 is 51.1 Å². The van der Waals surface area contributed by atoms with E-state index in [9.17, 15) is 23.8 Å². The molecular weight excluding hydrogens is 673 g/mol. The molecule has 12 heteroatoms. The first-order valence-corrected chi connectivity index (χ1v) is 21.4. The molecule has 0 bridgehead atoms. The maximum atomic E-state index is 12.6. The summed E-state index contributed by atoms with van der Waals surface area (Å²) >= 11 is 0. The third-order valence-corrected chi connectivity index (χ3v) is 9.40. The summed E-state index contributed by atoms with van der Waals surface area (Å²) in [6, 6.07) is -1.52. The Kier molecular flexibility index (Phi) is 33.6. The maximum absolute atomic E-state index is 12.6. The fourth-order valence-corrected chi connectivity index (χ4v) is 6.04. The summed E-state index contributed by atoms with van der Waals surface area (Å²) in [6.45, 7) is 2.74. The molecule has 0 aromatic rings. The van der Waals surface area contributed by atoms with Gasteiger partial charge in [0.2, 0.25) is 0 Å². The minimum atomic E-state index is -4.71. The van der Waals surface area contributed by atoms with Crippen molar-refractivity contribution in [2.45, 2.75) is 187 Å². The van der Waals surface area contributed by atoms with Crippen LogP contribution in [0.5, 0.6) is 0 Å². The van der Waals surface area contributed by atoms with E-state index in [1.165, 1.54) is 70.6 Å². The highest BCUT2D eigenvalue weighted by atomic mass is 31.2. The van der Waals surface area contributed by atoms with Crippen LogP contribution in [0.4, 0.5) is 0 Å². The number of carbonyl (C=O) groups excluding carboxylic acids is 2. The molecular formula is C39H72NO10P. The normalized spacial score (nSPS) is 14.1. The molecule has 0 aliphatic carbocycles. The Morgan fingerprint density at radius 1 is 0.608 bits per heavy atom. The fraction of sp³-hybridized carbons (Fsp3) is 0.821. The van der Waals surface area contributed by atoms with Gasteiger partial charge in [0.05, 0.1) is 13.2 Å². The van der Waals surface area contributed by atoms with Crippen LogP contribution in [-0.2, 0) is 37.5 Å². The van der Waals surface area contributed by atoms with E-state index in [1.807, 2.05) is 0 Å².